The van der Waals surface area contributed by atoms with E-state index < -0.39 is 0 Å². The number of methoxy groups -OCH3 is 1. The average molecular weight is 415 g/mol. The Morgan fingerprint density at radius 2 is 1.86 bits per heavy atom. The first-order chi connectivity index (χ1) is 10.0. The standard InChI is InChI=1S/C16H17Br2NO2/c1-10(12-3-5-13(17)6-4-12)19-9-11-7-14(18)16(20)15(8-11)21-2/h3-8,10,19-20H,9H2,1-2H3/t10-/m1/s1. The van der Waals surface area contributed by atoms with Crippen molar-refractivity contribution >= 4 is 31.9 Å². The van der Waals surface area contributed by atoms with E-state index in [-0.39, 0.29) is 11.8 Å². The predicted molar refractivity (Wildman–Crippen MR) is 91.8 cm³/mol. The lowest BCUT2D eigenvalue weighted by atomic mass is 10.1. The van der Waals surface area contributed by atoms with Crippen LogP contribution in [0.1, 0.15) is 24.1 Å². The van der Waals surface area contributed by atoms with E-state index in [9.17, 15) is 5.11 Å². The van der Waals surface area contributed by atoms with Gasteiger partial charge in [0.25, 0.3) is 0 Å². The van der Waals surface area contributed by atoms with E-state index in [0.717, 1.165) is 10.0 Å². The second-order valence-corrected chi connectivity index (χ2v) is 6.55. The van der Waals surface area contributed by atoms with Crippen LogP contribution in [-0.2, 0) is 6.54 Å². The number of rotatable bonds is 5. The van der Waals surface area contributed by atoms with Gasteiger partial charge in [0.2, 0.25) is 0 Å². The SMILES string of the molecule is COc1cc(CN[C@H](C)c2ccc(Br)cc2)cc(Br)c1O. The molecule has 21 heavy (non-hydrogen) atoms. The number of nitrogens with one attached hydrogen (secondary N) is 1. The van der Waals surface area contributed by atoms with Crippen LogP contribution in [0.4, 0.5) is 0 Å². The highest BCUT2D eigenvalue weighted by Gasteiger charge is 2.10. The lowest BCUT2D eigenvalue weighted by Gasteiger charge is -2.15. The summed E-state index contributed by atoms with van der Waals surface area (Å²) in [6, 6.07) is 12.2. The second kappa shape index (κ2) is 7.29. The van der Waals surface area contributed by atoms with Crippen LogP contribution in [0.25, 0.3) is 0 Å². The summed E-state index contributed by atoms with van der Waals surface area (Å²) in [5, 5.41) is 13.3. The molecule has 0 saturated carbocycles. The third-order valence-corrected chi connectivity index (χ3v) is 4.42. The fourth-order valence-corrected chi connectivity index (χ4v) is 2.78. The van der Waals surface area contributed by atoms with Gasteiger partial charge in [-0.2, -0.15) is 0 Å². The molecule has 2 aromatic rings. The van der Waals surface area contributed by atoms with Crippen molar-refractivity contribution in [3.63, 3.8) is 0 Å². The summed E-state index contributed by atoms with van der Waals surface area (Å²) in [5.41, 5.74) is 2.27. The quantitative estimate of drug-likeness (QED) is 0.739. The van der Waals surface area contributed by atoms with E-state index in [2.05, 4.69) is 56.2 Å². The van der Waals surface area contributed by atoms with Gasteiger partial charge in [0.05, 0.1) is 11.6 Å². The maximum Gasteiger partial charge on any atom is 0.172 e. The zero-order valence-electron chi connectivity index (χ0n) is 11.9. The van der Waals surface area contributed by atoms with Crippen LogP contribution in [0.5, 0.6) is 11.5 Å². The molecule has 0 heterocycles. The van der Waals surface area contributed by atoms with Gasteiger partial charge in [-0.05, 0) is 58.2 Å². The molecule has 0 amide bonds. The zero-order chi connectivity index (χ0) is 15.4. The van der Waals surface area contributed by atoms with Crippen LogP contribution in [0.15, 0.2) is 45.3 Å². The number of aromatic hydroxyl groups is 1. The van der Waals surface area contributed by atoms with Crippen molar-refractivity contribution in [2.45, 2.75) is 19.5 Å². The van der Waals surface area contributed by atoms with Crippen molar-refractivity contribution in [2.24, 2.45) is 0 Å². The van der Waals surface area contributed by atoms with Crippen LogP contribution >= 0.6 is 31.9 Å². The summed E-state index contributed by atoms with van der Waals surface area (Å²) in [6.45, 7) is 2.81. The minimum Gasteiger partial charge on any atom is -0.503 e. The number of ether oxygens (including phenoxy) is 1. The first-order valence-corrected chi connectivity index (χ1v) is 8.14. The number of hydrogen-bond donors (Lipinski definition) is 2. The van der Waals surface area contributed by atoms with E-state index in [1.807, 2.05) is 24.3 Å². The maximum absolute atomic E-state index is 9.81. The lowest BCUT2D eigenvalue weighted by molar-refractivity contribution is 0.371. The van der Waals surface area contributed by atoms with Gasteiger partial charge in [0.15, 0.2) is 11.5 Å². The second-order valence-electron chi connectivity index (χ2n) is 4.78. The monoisotopic (exact) mass is 413 g/mol. The number of phenols is 1. The molecular formula is C16H17Br2NO2. The summed E-state index contributed by atoms with van der Waals surface area (Å²) < 4.78 is 6.87. The van der Waals surface area contributed by atoms with Crippen molar-refractivity contribution in [3.8, 4) is 11.5 Å². The fraction of sp³-hybridized carbons (Fsp3) is 0.250. The minimum absolute atomic E-state index is 0.127. The summed E-state index contributed by atoms with van der Waals surface area (Å²) in [5.74, 6) is 0.597. The van der Waals surface area contributed by atoms with Gasteiger partial charge in [-0.1, -0.05) is 28.1 Å². The number of halogens is 2. The Balaban J connectivity index is 2.05. The summed E-state index contributed by atoms with van der Waals surface area (Å²) in [6.07, 6.45) is 0. The Bertz CT molecular complexity index is 614. The molecule has 112 valence electrons. The van der Waals surface area contributed by atoms with Crippen LogP contribution < -0.4 is 10.1 Å². The highest BCUT2D eigenvalue weighted by atomic mass is 79.9. The molecule has 0 aliphatic rings. The molecule has 0 bridgehead atoms. The molecule has 0 aromatic heterocycles. The van der Waals surface area contributed by atoms with Crippen LogP contribution in [-0.4, -0.2) is 12.2 Å². The Labute approximate surface area is 141 Å². The maximum atomic E-state index is 9.81. The molecule has 3 nitrogen and oxygen atoms in total. The minimum atomic E-state index is 0.127. The first-order valence-electron chi connectivity index (χ1n) is 6.55. The fourth-order valence-electron chi connectivity index (χ4n) is 2.03. The van der Waals surface area contributed by atoms with Gasteiger partial charge in [-0.25, -0.2) is 0 Å². The molecule has 0 fully saturated rings. The van der Waals surface area contributed by atoms with Gasteiger partial charge in [-0.15, -0.1) is 0 Å². The molecule has 0 aliphatic heterocycles. The molecule has 2 aromatic carbocycles. The topological polar surface area (TPSA) is 41.5 Å². The zero-order valence-corrected chi connectivity index (χ0v) is 15.0. The van der Waals surface area contributed by atoms with Gasteiger partial charge in [-0.3, -0.25) is 0 Å². The van der Waals surface area contributed by atoms with Crippen LogP contribution in [0.2, 0.25) is 0 Å². The van der Waals surface area contributed by atoms with Crippen molar-refractivity contribution in [3.05, 3.63) is 56.5 Å². The lowest BCUT2D eigenvalue weighted by Crippen LogP contribution is -2.18. The molecule has 0 radical (unpaired) electrons. The van der Waals surface area contributed by atoms with Crippen molar-refractivity contribution in [1.29, 1.82) is 0 Å². The number of hydrogen-bond acceptors (Lipinski definition) is 3. The highest BCUT2D eigenvalue weighted by molar-refractivity contribution is 9.10. The molecule has 0 aliphatic carbocycles. The third kappa shape index (κ3) is 4.22. The van der Waals surface area contributed by atoms with Crippen molar-refractivity contribution in [1.82, 2.24) is 5.32 Å². The normalized spacial score (nSPS) is 12.2. The third-order valence-electron chi connectivity index (χ3n) is 3.29. The smallest absolute Gasteiger partial charge is 0.172 e. The molecule has 0 unspecified atom stereocenters. The average Bonchev–Trinajstić information content (AvgIpc) is 2.48. The Morgan fingerprint density at radius 3 is 2.48 bits per heavy atom. The molecule has 2 rings (SSSR count). The largest absolute Gasteiger partial charge is 0.503 e. The van der Waals surface area contributed by atoms with E-state index in [1.165, 1.54) is 5.56 Å². The van der Waals surface area contributed by atoms with Crippen LogP contribution in [0, 0.1) is 0 Å². The molecular weight excluding hydrogens is 398 g/mol. The number of benzene rings is 2. The number of phenolic OH excluding ortho intramolecular Hbond substituents is 1. The van der Waals surface area contributed by atoms with E-state index >= 15 is 0 Å². The van der Waals surface area contributed by atoms with Crippen LogP contribution in [0.3, 0.4) is 0 Å². The predicted octanol–water partition coefficient (Wildman–Crippen LogP) is 4.78. The van der Waals surface area contributed by atoms with E-state index in [1.54, 1.807) is 7.11 Å². The summed E-state index contributed by atoms with van der Waals surface area (Å²) >= 11 is 6.77. The van der Waals surface area contributed by atoms with E-state index in [0.29, 0.717) is 16.8 Å². The van der Waals surface area contributed by atoms with Gasteiger partial charge >= 0.3 is 0 Å². The van der Waals surface area contributed by atoms with Gasteiger partial charge in [0, 0.05) is 17.1 Å². The van der Waals surface area contributed by atoms with E-state index in [4.69, 9.17) is 4.74 Å². The van der Waals surface area contributed by atoms with Gasteiger partial charge < -0.3 is 15.2 Å². The van der Waals surface area contributed by atoms with Gasteiger partial charge in [0.1, 0.15) is 0 Å². The van der Waals surface area contributed by atoms with Crippen molar-refractivity contribution in [2.75, 3.05) is 7.11 Å². The molecule has 2 N–H and O–H groups in total. The Morgan fingerprint density at radius 1 is 1.19 bits per heavy atom. The molecule has 0 spiro atoms. The van der Waals surface area contributed by atoms with Crippen molar-refractivity contribution < 1.29 is 9.84 Å². The Hall–Kier alpha value is -1.04. The summed E-state index contributed by atoms with van der Waals surface area (Å²) in [4.78, 5) is 0. The Kier molecular flexibility index (Phi) is 5.67. The molecule has 5 heteroatoms. The first kappa shape index (κ1) is 16.3. The summed E-state index contributed by atoms with van der Waals surface area (Å²) in [7, 11) is 1.54. The highest BCUT2D eigenvalue weighted by Crippen LogP contribution is 2.35. The molecule has 0 saturated heterocycles. The molecule has 1 atom stereocenters.